The van der Waals surface area contributed by atoms with Gasteiger partial charge in [0.05, 0.1) is 0 Å². The largest absolute Gasteiger partial charge is 0.481 e. The number of carbonyl (C=O) groups is 1. The van der Waals surface area contributed by atoms with Crippen molar-refractivity contribution in [1.82, 2.24) is 15.0 Å². The van der Waals surface area contributed by atoms with Crippen molar-refractivity contribution in [3.8, 4) is 5.75 Å². The minimum absolute atomic E-state index is 0.00521. The van der Waals surface area contributed by atoms with Crippen LogP contribution in [-0.2, 0) is 28.4 Å². The van der Waals surface area contributed by atoms with E-state index in [-0.39, 0.29) is 24.0 Å². The first-order chi connectivity index (χ1) is 20.4. The summed E-state index contributed by atoms with van der Waals surface area (Å²) in [4.78, 5) is 22.6. The van der Waals surface area contributed by atoms with Crippen LogP contribution >= 0.6 is 0 Å². The number of benzene rings is 2. The van der Waals surface area contributed by atoms with E-state index in [2.05, 4.69) is 29.0 Å². The topological polar surface area (TPSA) is 108 Å². The average Bonchev–Trinajstić information content (AvgIpc) is 3.65. The molecule has 2 aromatic heterocycles. The first-order valence-corrected chi connectivity index (χ1v) is 15.9. The van der Waals surface area contributed by atoms with Crippen molar-refractivity contribution in [3.05, 3.63) is 106 Å². The van der Waals surface area contributed by atoms with Gasteiger partial charge >= 0.3 is 5.97 Å². The Morgan fingerprint density at radius 2 is 2.07 bits per heavy atom. The predicted molar refractivity (Wildman–Crippen MR) is 162 cm³/mol. The lowest BCUT2D eigenvalue weighted by Gasteiger charge is -2.23. The number of carboxylic acids is 1. The van der Waals surface area contributed by atoms with Crippen LogP contribution in [0.1, 0.15) is 72.7 Å². The van der Waals surface area contributed by atoms with Crippen LogP contribution < -0.4 is 4.74 Å². The molecule has 0 amide bonds. The fraction of sp³-hybridized carbons (Fsp3) is 0.333. The lowest BCUT2D eigenvalue weighted by atomic mass is 9.89. The maximum absolute atomic E-state index is 15.4. The van der Waals surface area contributed by atoms with Crippen molar-refractivity contribution in [3.63, 3.8) is 0 Å². The number of rotatable bonds is 4. The number of nitrogens with zero attached hydrogens (tertiary/aromatic N) is 1. The van der Waals surface area contributed by atoms with E-state index < -0.39 is 22.6 Å². The van der Waals surface area contributed by atoms with Gasteiger partial charge in [-0.2, -0.15) is 0 Å². The quantitative estimate of drug-likeness (QED) is 0.247. The van der Waals surface area contributed by atoms with Gasteiger partial charge in [-0.15, -0.1) is 0 Å². The highest BCUT2D eigenvalue weighted by molar-refractivity contribution is 7.84. The van der Waals surface area contributed by atoms with Crippen LogP contribution in [-0.4, -0.2) is 41.7 Å². The van der Waals surface area contributed by atoms with E-state index in [1.165, 1.54) is 6.07 Å². The van der Waals surface area contributed by atoms with Gasteiger partial charge < -0.3 is 19.8 Å². The molecule has 4 aromatic rings. The Hall–Kier alpha value is -3.98. The zero-order valence-electron chi connectivity index (χ0n) is 23.5. The summed E-state index contributed by atoms with van der Waals surface area (Å²) in [5.74, 6) is 1.28. The molecule has 4 bridgehead atoms. The summed E-state index contributed by atoms with van der Waals surface area (Å²) in [6.45, 7) is 2.06. The van der Waals surface area contributed by atoms with Crippen LogP contribution in [0.15, 0.2) is 72.3 Å². The SMILES string of the molecule is CC1=CC=C2CC1c1ncc([nH]1)C(c1cccc(CCC(=O)O)c1)CCCS(=O)CCc1c(c(F)cc3[nH]ccc13)O2. The smallest absolute Gasteiger partial charge is 0.303 e. The monoisotopic (exact) mass is 587 g/mol. The minimum atomic E-state index is -1.11. The number of carboxylic acid groups (broad SMARTS) is 1. The standard InChI is InChI=1S/C33H34FN3O4S/c1-20-7-9-23-17-27(20)33-36-19-30(37-33)24(22-5-2-4-21(16-22)8-10-31(38)39)6-3-14-42(40)15-12-26-25-11-13-35-29(25)18-28(34)32(26)41-23/h2,4-5,7,9,11,13,16,18-19,24,27,35H,3,6,8,10,12,14-15,17H2,1H3,(H,36,37)(H,38,39). The molecule has 0 saturated carbocycles. The molecule has 0 spiro atoms. The number of nitrogens with one attached hydrogen (secondary N) is 2. The van der Waals surface area contributed by atoms with E-state index in [1.54, 1.807) is 6.20 Å². The fourth-order valence-electron chi connectivity index (χ4n) is 6.06. The van der Waals surface area contributed by atoms with Crippen LogP contribution in [0, 0.1) is 5.82 Å². The Morgan fingerprint density at radius 1 is 1.19 bits per heavy atom. The lowest BCUT2D eigenvalue weighted by molar-refractivity contribution is -0.136. The summed E-state index contributed by atoms with van der Waals surface area (Å²) in [7, 11) is -1.11. The molecule has 0 saturated heterocycles. The molecule has 2 aromatic carbocycles. The maximum atomic E-state index is 15.4. The number of aryl methyl sites for hydroxylation is 2. The number of imidazole rings is 1. The average molecular weight is 588 g/mol. The first-order valence-electron chi connectivity index (χ1n) is 14.4. The second-order valence-corrected chi connectivity index (χ2v) is 12.9. The van der Waals surface area contributed by atoms with Crippen LogP contribution in [0.3, 0.4) is 0 Å². The van der Waals surface area contributed by atoms with E-state index in [0.29, 0.717) is 42.0 Å². The Labute approximate surface area is 246 Å². The van der Waals surface area contributed by atoms with Gasteiger partial charge in [-0.05, 0) is 55.9 Å². The van der Waals surface area contributed by atoms with Gasteiger partial charge in [-0.25, -0.2) is 9.37 Å². The summed E-state index contributed by atoms with van der Waals surface area (Å²) in [6, 6.07) is 11.5. The molecule has 1 aliphatic carbocycles. The molecule has 6 rings (SSSR count). The molecule has 0 radical (unpaired) electrons. The highest BCUT2D eigenvalue weighted by Gasteiger charge is 2.27. The van der Waals surface area contributed by atoms with E-state index in [0.717, 1.165) is 52.0 Å². The van der Waals surface area contributed by atoms with E-state index >= 15 is 4.39 Å². The third-order valence-electron chi connectivity index (χ3n) is 8.33. The normalized spacial score (nSPS) is 21.2. The number of H-pyrrole nitrogens is 2. The highest BCUT2D eigenvalue weighted by Crippen LogP contribution is 2.39. The van der Waals surface area contributed by atoms with Gasteiger partial charge in [-0.1, -0.05) is 35.9 Å². The number of fused-ring (bicyclic) bond motifs is 8. The number of hydrogen-bond acceptors (Lipinski definition) is 4. The van der Waals surface area contributed by atoms with Gasteiger partial charge in [0.15, 0.2) is 11.6 Å². The summed E-state index contributed by atoms with van der Waals surface area (Å²) < 4.78 is 34.9. The molecule has 7 nitrogen and oxygen atoms in total. The molecule has 9 heteroatoms. The highest BCUT2D eigenvalue weighted by atomic mass is 32.2. The Morgan fingerprint density at radius 3 is 2.93 bits per heavy atom. The molecule has 1 aliphatic heterocycles. The maximum Gasteiger partial charge on any atom is 0.303 e. The number of ether oxygens (including phenoxy) is 1. The van der Waals surface area contributed by atoms with Crippen molar-refractivity contribution in [2.24, 2.45) is 0 Å². The number of allylic oxidation sites excluding steroid dienone is 4. The zero-order valence-corrected chi connectivity index (χ0v) is 24.3. The van der Waals surface area contributed by atoms with Gasteiger partial charge in [-0.3, -0.25) is 9.00 Å². The van der Waals surface area contributed by atoms with Gasteiger partial charge in [0.2, 0.25) is 0 Å². The second-order valence-electron chi connectivity index (χ2n) is 11.2. The van der Waals surface area contributed by atoms with Crippen molar-refractivity contribution >= 4 is 27.7 Å². The molecule has 218 valence electrons. The Bertz CT molecular complexity index is 1720. The van der Waals surface area contributed by atoms with Crippen LogP contribution in [0.2, 0.25) is 0 Å². The zero-order chi connectivity index (χ0) is 29.2. The third-order valence-corrected chi connectivity index (χ3v) is 9.74. The minimum Gasteiger partial charge on any atom is -0.481 e. The fourth-order valence-corrected chi connectivity index (χ4v) is 7.19. The van der Waals surface area contributed by atoms with Gasteiger partial charge in [0.25, 0.3) is 0 Å². The molecule has 2 aliphatic rings. The van der Waals surface area contributed by atoms with Crippen molar-refractivity contribution in [2.75, 3.05) is 11.5 Å². The lowest BCUT2D eigenvalue weighted by Crippen LogP contribution is -2.14. The molecule has 3 N–H and O–H groups in total. The molecule has 3 atom stereocenters. The van der Waals surface area contributed by atoms with Gasteiger partial charge in [0.1, 0.15) is 11.6 Å². The van der Waals surface area contributed by atoms with Crippen molar-refractivity contribution in [2.45, 2.75) is 57.3 Å². The van der Waals surface area contributed by atoms with Crippen molar-refractivity contribution in [1.29, 1.82) is 0 Å². The van der Waals surface area contributed by atoms with E-state index in [9.17, 15) is 9.00 Å². The van der Waals surface area contributed by atoms with Crippen LogP contribution in [0.25, 0.3) is 10.9 Å². The third kappa shape index (κ3) is 5.97. The first kappa shape index (κ1) is 28.2. The molecule has 42 heavy (non-hydrogen) atoms. The number of halogens is 1. The predicted octanol–water partition coefficient (Wildman–Crippen LogP) is 6.66. The number of aromatic nitrogens is 3. The van der Waals surface area contributed by atoms with Gasteiger partial charge in [0, 0.05) is 87.6 Å². The summed E-state index contributed by atoms with van der Waals surface area (Å²) in [5, 5.41) is 10.0. The summed E-state index contributed by atoms with van der Waals surface area (Å²) in [6.07, 6.45) is 10.6. The summed E-state index contributed by atoms with van der Waals surface area (Å²) >= 11 is 0. The molecule has 3 unspecified atom stereocenters. The number of hydrogen-bond donors (Lipinski definition) is 3. The number of aliphatic carboxylic acids is 1. The van der Waals surface area contributed by atoms with Crippen LogP contribution in [0.5, 0.6) is 5.75 Å². The van der Waals surface area contributed by atoms with E-state index in [4.69, 9.17) is 14.8 Å². The van der Waals surface area contributed by atoms with E-state index in [1.807, 2.05) is 36.5 Å². The summed E-state index contributed by atoms with van der Waals surface area (Å²) in [5.41, 5.74) is 5.58. The molecular weight excluding hydrogens is 553 g/mol. The molecular formula is C33H34FN3O4S. The second kappa shape index (κ2) is 12.1. The van der Waals surface area contributed by atoms with Crippen molar-refractivity contribution < 1.29 is 23.2 Å². The van der Waals surface area contributed by atoms with Crippen LogP contribution in [0.4, 0.5) is 4.39 Å². The molecule has 0 fully saturated rings. The molecule has 3 heterocycles. The number of aromatic amines is 2. The Kier molecular flexibility index (Phi) is 8.11. The Balaban J connectivity index is 1.36.